The van der Waals surface area contributed by atoms with E-state index in [1.807, 2.05) is 0 Å². The van der Waals surface area contributed by atoms with Crippen molar-refractivity contribution in [2.45, 2.75) is 20.5 Å². The van der Waals surface area contributed by atoms with Crippen LogP contribution in [0.25, 0.3) is 0 Å². The molecule has 0 fully saturated rings. The first-order valence-electron chi connectivity index (χ1n) is 7.98. The number of carbonyl (C=O) groups is 3. The normalized spacial score (nSPS) is 10.1. The molecule has 0 aromatic heterocycles. The van der Waals surface area contributed by atoms with E-state index in [4.69, 9.17) is 9.47 Å². The van der Waals surface area contributed by atoms with Gasteiger partial charge in [-0.1, -0.05) is 6.07 Å². The Morgan fingerprint density at radius 2 is 1.56 bits per heavy atom. The molecule has 0 unspecified atom stereocenters. The van der Waals surface area contributed by atoms with E-state index in [2.05, 4.69) is 10.6 Å². The molecule has 0 saturated heterocycles. The van der Waals surface area contributed by atoms with E-state index in [0.717, 1.165) is 0 Å². The molecule has 7 nitrogen and oxygen atoms in total. The molecule has 0 aliphatic carbocycles. The largest absolute Gasteiger partial charge is 0.494 e. The van der Waals surface area contributed by atoms with Gasteiger partial charge in [0.2, 0.25) is 11.8 Å². The predicted octanol–water partition coefficient (Wildman–Crippen LogP) is 3.11. The molecule has 2 rings (SSSR count). The van der Waals surface area contributed by atoms with Crippen LogP contribution < -0.4 is 15.4 Å². The number of halogens is 1. The van der Waals surface area contributed by atoms with Crippen molar-refractivity contribution in [3.8, 4) is 5.75 Å². The lowest BCUT2D eigenvalue weighted by Gasteiger charge is -2.11. The summed E-state index contributed by atoms with van der Waals surface area (Å²) in [6.07, 6.45) is 0. The van der Waals surface area contributed by atoms with Crippen LogP contribution in [0.3, 0.4) is 0 Å². The van der Waals surface area contributed by atoms with E-state index in [9.17, 15) is 18.8 Å². The van der Waals surface area contributed by atoms with Crippen molar-refractivity contribution in [1.82, 2.24) is 0 Å². The van der Waals surface area contributed by atoms with Crippen LogP contribution in [0, 0.1) is 5.82 Å². The Labute approximate surface area is 155 Å². The molecule has 0 atom stereocenters. The number of carbonyl (C=O) groups excluding carboxylic acids is 3. The number of benzene rings is 2. The summed E-state index contributed by atoms with van der Waals surface area (Å²) in [7, 11) is 1.35. The Bertz CT molecular complexity index is 848. The molecule has 2 aromatic carbocycles. The number of esters is 1. The summed E-state index contributed by atoms with van der Waals surface area (Å²) < 4.78 is 23.7. The fourth-order valence-corrected chi connectivity index (χ4v) is 2.33. The predicted molar refractivity (Wildman–Crippen MR) is 97.1 cm³/mol. The van der Waals surface area contributed by atoms with Crippen molar-refractivity contribution < 1.29 is 28.2 Å². The fraction of sp³-hybridized carbons (Fsp3) is 0.211. The van der Waals surface area contributed by atoms with Gasteiger partial charge in [0.05, 0.1) is 12.7 Å². The lowest BCUT2D eigenvalue weighted by molar-refractivity contribution is -0.115. The SMILES string of the molecule is COc1ccc(COC(=O)c2cc(NC(C)=O)cc(NC(C)=O)c2)cc1F. The molecule has 0 heterocycles. The summed E-state index contributed by atoms with van der Waals surface area (Å²) in [5, 5.41) is 5.09. The Balaban J connectivity index is 2.17. The van der Waals surface area contributed by atoms with Gasteiger partial charge >= 0.3 is 5.97 Å². The van der Waals surface area contributed by atoms with Crippen LogP contribution in [-0.2, 0) is 20.9 Å². The Morgan fingerprint density at radius 3 is 2.04 bits per heavy atom. The minimum absolute atomic E-state index is 0.0908. The van der Waals surface area contributed by atoms with Crippen molar-refractivity contribution in [3.63, 3.8) is 0 Å². The van der Waals surface area contributed by atoms with E-state index in [-0.39, 0.29) is 29.7 Å². The van der Waals surface area contributed by atoms with Crippen LogP contribution in [-0.4, -0.2) is 24.9 Å². The zero-order valence-corrected chi connectivity index (χ0v) is 15.1. The third kappa shape index (κ3) is 5.81. The van der Waals surface area contributed by atoms with Crippen LogP contribution in [0.1, 0.15) is 29.8 Å². The first-order valence-corrected chi connectivity index (χ1v) is 7.98. The number of anilines is 2. The maximum Gasteiger partial charge on any atom is 0.338 e. The zero-order chi connectivity index (χ0) is 20.0. The molecule has 0 bridgehead atoms. The summed E-state index contributed by atoms with van der Waals surface area (Å²) in [5.74, 6) is -1.82. The maximum absolute atomic E-state index is 13.7. The second-order valence-electron chi connectivity index (χ2n) is 5.71. The van der Waals surface area contributed by atoms with Gasteiger partial charge in [0.15, 0.2) is 11.6 Å². The monoisotopic (exact) mass is 374 g/mol. The van der Waals surface area contributed by atoms with Gasteiger partial charge in [0.1, 0.15) is 6.61 Å². The first-order chi connectivity index (χ1) is 12.8. The molecule has 2 amide bonds. The highest BCUT2D eigenvalue weighted by atomic mass is 19.1. The summed E-state index contributed by atoms with van der Waals surface area (Å²) >= 11 is 0. The maximum atomic E-state index is 13.7. The lowest BCUT2D eigenvalue weighted by Crippen LogP contribution is -2.12. The molecule has 8 heteroatoms. The van der Waals surface area contributed by atoms with Gasteiger partial charge in [-0.3, -0.25) is 9.59 Å². The van der Waals surface area contributed by atoms with Crippen molar-refractivity contribution in [2.75, 3.05) is 17.7 Å². The molecule has 27 heavy (non-hydrogen) atoms. The standard InChI is InChI=1S/C19H19FN2O5/c1-11(23)21-15-7-14(8-16(9-15)22-12(2)24)19(25)27-10-13-4-5-18(26-3)17(20)6-13/h4-9H,10H2,1-3H3,(H,21,23)(H,22,24). The number of hydrogen-bond donors (Lipinski definition) is 2. The van der Waals surface area contributed by atoms with Crippen LogP contribution >= 0.6 is 0 Å². The van der Waals surface area contributed by atoms with Gasteiger partial charge in [0, 0.05) is 25.2 Å². The summed E-state index contributed by atoms with van der Waals surface area (Å²) in [5.41, 5.74) is 1.23. The summed E-state index contributed by atoms with van der Waals surface area (Å²) in [6, 6.07) is 8.57. The fourth-order valence-electron chi connectivity index (χ4n) is 2.33. The van der Waals surface area contributed by atoms with E-state index < -0.39 is 11.8 Å². The van der Waals surface area contributed by atoms with Crippen molar-refractivity contribution in [3.05, 3.63) is 53.3 Å². The highest BCUT2D eigenvalue weighted by Gasteiger charge is 2.13. The van der Waals surface area contributed by atoms with E-state index in [1.54, 1.807) is 6.07 Å². The van der Waals surface area contributed by atoms with Gasteiger partial charge < -0.3 is 20.1 Å². The summed E-state index contributed by atoms with van der Waals surface area (Å²) in [6.45, 7) is 2.49. The molecule has 0 saturated carbocycles. The van der Waals surface area contributed by atoms with E-state index in [1.165, 1.54) is 51.3 Å². The van der Waals surface area contributed by atoms with E-state index >= 15 is 0 Å². The molecule has 0 aliphatic rings. The average molecular weight is 374 g/mol. The van der Waals surface area contributed by atoms with Gasteiger partial charge in [-0.15, -0.1) is 0 Å². The first kappa shape index (κ1) is 19.9. The molecule has 0 aliphatic heterocycles. The number of nitrogens with one attached hydrogen (secondary N) is 2. The number of hydrogen-bond acceptors (Lipinski definition) is 5. The minimum Gasteiger partial charge on any atom is -0.494 e. The smallest absolute Gasteiger partial charge is 0.338 e. The van der Waals surface area contributed by atoms with Crippen LogP contribution in [0.5, 0.6) is 5.75 Å². The van der Waals surface area contributed by atoms with Crippen molar-refractivity contribution >= 4 is 29.2 Å². The summed E-state index contributed by atoms with van der Waals surface area (Å²) in [4.78, 5) is 34.9. The average Bonchev–Trinajstić information content (AvgIpc) is 2.58. The van der Waals surface area contributed by atoms with Crippen molar-refractivity contribution in [2.24, 2.45) is 0 Å². The van der Waals surface area contributed by atoms with E-state index in [0.29, 0.717) is 16.9 Å². The second kappa shape index (κ2) is 8.79. The van der Waals surface area contributed by atoms with Crippen molar-refractivity contribution in [1.29, 1.82) is 0 Å². The highest BCUT2D eigenvalue weighted by Crippen LogP contribution is 2.22. The zero-order valence-electron chi connectivity index (χ0n) is 15.1. The van der Waals surface area contributed by atoms with Gasteiger partial charge in [-0.05, 0) is 35.9 Å². The van der Waals surface area contributed by atoms with Crippen LogP contribution in [0.4, 0.5) is 15.8 Å². The second-order valence-corrected chi connectivity index (χ2v) is 5.71. The molecule has 0 radical (unpaired) electrons. The third-order valence-electron chi connectivity index (χ3n) is 3.40. The molecular formula is C19H19FN2O5. The molecule has 0 spiro atoms. The Kier molecular flexibility index (Phi) is 6.48. The quantitative estimate of drug-likeness (QED) is 0.758. The molecular weight excluding hydrogens is 355 g/mol. The number of rotatable bonds is 6. The molecule has 2 aromatic rings. The van der Waals surface area contributed by atoms with Gasteiger partial charge in [-0.2, -0.15) is 0 Å². The number of methoxy groups -OCH3 is 1. The van der Waals surface area contributed by atoms with Crippen LogP contribution in [0.2, 0.25) is 0 Å². The Hall–Kier alpha value is -3.42. The lowest BCUT2D eigenvalue weighted by atomic mass is 10.1. The Morgan fingerprint density at radius 1 is 0.963 bits per heavy atom. The van der Waals surface area contributed by atoms with Crippen LogP contribution in [0.15, 0.2) is 36.4 Å². The number of ether oxygens (including phenoxy) is 2. The van der Waals surface area contributed by atoms with Gasteiger partial charge in [-0.25, -0.2) is 9.18 Å². The molecule has 2 N–H and O–H groups in total. The minimum atomic E-state index is -0.690. The highest BCUT2D eigenvalue weighted by molar-refractivity contribution is 5.97. The third-order valence-corrected chi connectivity index (χ3v) is 3.40. The topological polar surface area (TPSA) is 93.7 Å². The van der Waals surface area contributed by atoms with Gasteiger partial charge in [0.25, 0.3) is 0 Å². The number of amides is 2. The molecule has 142 valence electrons.